The molecule has 0 fully saturated rings. The minimum atomic E-state index is -0.407. The summed E-state index contributed by atoms with van der Waals surface area (Å²) >= 11 is 3.18. The number of halogens is 2. The molecule has 2 aromatic rings. The molecule has 94 valence electrons. The normalized spacial score (nSPS) is 10.2. The van der Waals surface area contributed by atoms with E-state index < -0.39 is 5.82 Å². The van der Waals surface area contributed by atoms with Gasteiger partial charge in [0.25, 0.3) is 0 Å². The molecule has 1 aromatic carbocycles. The first-order chi connectivity index (χ1) is 8.56. The van der Waals surface area contributed by atoms with E-state index in [-0.39, 0.29) is 11.8 Å². The van der Waals surface area contributed by atoms with Crippen LogP contribution in [-0.2, 0) is 0 Å². The standard InChI is InChI=1S/C11H10BrFN4O/c1-15-9-5-10(17-11(14)16-9)18-8-3-6(12)2-7(13)4-8/h2-5H,1H3,(H3,14,15,16,17). The molecule has 0 aliphatic carbocycles. The summed E-state index contributed by atoms with van der Waals surface area (Å²) in [6, 6.07) is 5.78. The second kappa shape index (κ2) is 5.18. The van der Waals surface area contributed by atoms with Gasteiger partial charge in [-0.15, -0.1) is 0 Å². The number of nitrogens with one attached hydrogen (secondary N) is 1. The molecule has 0 bridgehead atoms. The zero-order chi connectivity index (χ0) is 13.1. The summed E-state index contributed by atoms with van der Waals surface area (Å²) in [6.07, 6.45) is 0. The Kier molecular flexibility index (Phi) is 3.61. The van der Waals surface area contributed by atoms with Gasteiger partial charge in [0.2, 0.25) is 11.8 Å². The highest BCUT2D eigenvalue weighted by molar-refractivity contribution is 9.10. The van der Waals surface area contributed by atoms with Crippen molar-refractivity contribution in [2.24, 2.45) is 0 Å². The highest BCUT2D eigenvalue weighted by Crippen LogP contribution is 2.26. The summed E-state index contributed by atoms with van der Waals surface area (Å²) in [6.45, 7) is 0. The van der Waals surface area contributed by atoms with Crippen LogP contribution in [0.5, 0.6) is 11.6 Å². The Morgan fingerprint density at radius 1 is 1.28 bits per heavy atom. The Morgan fingerprint density at radius 3 is 2.72 bits per heavy atom. The number of nitrogens with two attached hydrogens (primary N) is 1. The number of ether oxygens (including phenoxy) is 1. The van der Waals surface area contributed by atoms with Gasteiger partial charge in [-0.25, -0.2) is 4.39 Å². The van der Waals surface area contributed by atoms with Gasteiger partial charge in [-0.05, 0) is 12.1 Å². The molecule has 1 heterocycles. The van der Waals surface area contributed by atoms with Gasteiger partial charge in [0, 0.05) is 23.7 Å². The van der Waals surface area contributed by atoms with Gasteiger partial charge in [0.05, 0.1) is 0 Å². The summed E-state index contributed by atoms with van der Waals surface area (Å²) in [5.74, 6) is 0.752. The van der Waals surface area contributed by atoms with Gasteiger partial charge >= 0.3 is 0 Å². The third-order valence-corrected chi connectivity index (χ3v) is 2.49. The van der Waals surface area contributed by atoms with Crippen LogP contribution in [0.2, 0.25) is 0 Å². The van der Waals surface area contributed by atoms with Gasteiger partial charge in [-0.3, -0.25) is 0 Å². The Hall–Kier alpha value is -1.89. The Balaban J connectivity index is 2.30. The molecule has 0 aliphatic rings. The van der Waals surface area contributed by atoms with Gasteiger partial charge < -0.3 is 15.8 Å². The maximum atomic E-state index is 13.2. The van der Waals surface area contributed by atoms with Crippen LogP contribution in [0.15, 0.2) is 28.7 Å². The Labute approximate surface area is 111 Å². The molecule has 0 radical (unpaired) electrons. The van der Waals surface area contributed by atoms with Gasteiger partial charge in [0.15, 0.2) is 0 Å². The fourth-order valence-corrected chi connectivity index (χ4v) is 1.78. The highest BCUT2D eigenvalue weighted by atomic mass is 79.9. The zero-order valence-electron chi connectivity index (χ0n) is 9.45. The van der Waals surface area contributed by atoms with Gasteiger partial charge in [-0.1, -0.05) is 15.9 Å². The maximum Gasteiger partial charge on any atom is 0.226 e. The monoisotopic (exact) mass is 312 g/mol. The molecule has 0 amide bonds. The van der Waals surface area contributed by atoms with E-state index in [9.17, 15) is 4.39 Å². The van der Waals surface area contributed by atoms with Crippen LogP contribution >= 0.6 is 15.9 Å². The van der Waals surface area contributed by atoms with Crippen molar-refractivity contribution in [1.29, 1.82) is 0 Å². The van der Waals surface area contributed by atoms with Gasteiger partial charge in [-0.2, -0.15) is 9.97 Å². The van der Waals surface area contributed by atoms with Crippen molar-refractivity contribution in [3.63, 3.8) is 0 Å². The number of hydrogen-bond acceptors (Lipinski definition) is 5. The third-order valence-electron chi connectivity index (χ3n) is 2.03. The number of hydrogen-bond donors (Lipinski definition) is 2. The third kappa shape index (κ3) is 3.07. The quantitative estimate of drug-likeness (QED) is 0.911. The van der Waals surface area contributed by atoms with E-state index >= 15 is 0 Å². The fourth-order valence-electron chi connectivity index (χ4n) is 1.33. The van der Waals surface area contributed by atoms with Crippen LogP contribution in [-0.4, -0.2) is 17.0 Å². The molecular weight excluding hydrogens is 303 g/mol. The fraction of sp³-hybridized carbons (Fsp3) is 0.0909. The molecule has 0 atom stereocenters. The number of anilines is 2. The van der Waals surface area contributed by atoms with E-state index in [1.54, 1.807) is 19.2 Å². The summed E-state index contributed by atoms with van der Waals surface area (Å²) < 4.78 is 19.2. The molecule has 5 nitrogen and oxygen atoms in total. The minimum Gasteiger partial charge on any atom is -0.439 e. The van der Waals surface area contributed by atoms with Crippen LogP contribution < -0.4 is 15.8 Å². The van der Waals surface area contributed by atoms with E-state index in [1.807, 2.05) is 0 Å². The SMILES string of the molecule is CNc1cc(Oc2cc(F)cc(Br)c2)nc(N)n1. The second-order valence-corrected chi connectivity index (χ2v) is 4.32. The first kappa shape index (κ1) is 12.6. The average Bonchev–Trinajstić information content (AvgIpc) is 2.26. The lowest BCUT2D eigenvalue weighted by molar-refractivity contribution is 0.458. The Morgan fingerprint density at radius 2 is 2.06 bits per heavy atom. The maximum absolute atomic E-state index is 13.2. The van der Waals surface area contributed by atoms with E-state index in [2.05, 4.69) is 31.2 Å². The van der Waals surface area contributed by atoms with E-state index in [1.165, 1.54) is 12.1 Å². The first-order valence-electron chi connectivity index (χ1n) is 5.03. The molecule has 7 heteroatoms. The number of nitrogen functional groups attached to an aromatic ring is 1. The lowest BCUT2D eigenvalue weighted by Gasteiger charge is -2.07. The molecular formula is C11H10BrFN4O. The topological polar surface area (TPSA) is 73.1 Å². The second-order valence-electron chi connectivity index (χ2n) is 3.41. The van der Waals surface area contributed by atoms with E-state index in [4.69, 9.17) is 10.5 Å². The number of nitrogens with zero attached hydrogens (tertiary/aromatic N) is 2. The van der Waals surface area contributed by atoms with Crippen LogP contribution in [0.1, 0.15) is 0 Å². The lowest BCUT2D eigenvalue weighted by Crippen LogP contribution is -2.01. The molecule has 1 aromatic heterocycles. The number of rotatable bonds is 3. The van der Waals surface area contributed by atoms with Crippen LogP contribution in [0.25, 0.3) is 0 Å². The minimum absolute atomic E-state index is 0.0762. The number of aromatic nitrogens is 2. The van der Waals surface area contributed by atoms with Crippen molar-refractivity contribution < 1.29 is 9.13 Å². The smallest absolute Gasteiger partial charge is 0.226 e. The molecule has 18 heavy (non-hydrogen) atoms. The van der Waals surface area contributed by atoms with E-state index in [0.29, 0.717) is 16.0 Å². The predicted octanol–water partition coefficient (Wildman–Crippen LogP) is 2.79. The van der Waals surface area contributed by atoms with Crippen molar-refractivity contribution in [2.45, 2.75) is 0 Å². The predicted molar refractivity (Wildman–Crippen MR) is 70.2 cm³/mol. The average molecular weight is 313 g/mol. The van der Waals surface area contributed by atoms with Crippen LogP contribution in [0, 0.1) is 5.82 Å². The van der Waals surface area contributed by atoms with Crippen LogP contribution in [0.3, 0.4) is 0 Å². The number of benzene rings is 1. The zero-order valence-corrected chi connectivity index (χ0v) is 11.0. The molecule has 3 N–H and O–H groups in total. The first-order valence-corrected chi connectivity index (χ1v) is 5.82. The molecule has 0 saturated carbocycles. The van der Waals surface area contributed by atoms with Crippen molar-refractivity contribution in [1.82, 2.24) is 9.97 Å². The van der Waals surface area contributed by atoms with E-state index in [0.717, 1.165) is 0 Å². The molecule has 0 unspecified atom stereocenters. The highest BCUT2D eigenvalue weighted by Gasteiger charge is 2.06. The summed E-state index contributed by atoms with van der Waals surface area (Å²) in [7, 11) is 1.70. The summed E-state index contributed by atoms with van der Waals surface area (Å²) in [4.78, 5) is 7.82. The summed E-state index contributed by atoms with van der Waals surface area (Å²) in [5, 5.41) is 2.82. The Bertz CT molecular complexity index is 559. The van der Waals surface area contributed by atoms with Crippen molar-refractivity contribution in [3.05, 3.63) is 34.6 Å². The largest absolute Gasteiger partial charge is 0.439 e. The summed E-state index contributed by atoms with van der Waals surface area (Å²) in [5.41, 5.74) is 5.52. The molecule has 0 spiro atoms. The molecule has 0 aliphatic heterocycles. The molecule has 2 rings (SSSR count). The van der Waals surface area contributed by atoms with Gasteiger partial charge in [0.1, 0.15) is 17.4 Å². The van der Waals surface area contributed by atoms with Crippen LogP contribution in [0.4, 0.5) is 16.2 Å². The van der Waals surface area contributed by atoms with Crippen molar-refractivity contribution >= 4 is 27.7 Å². The lowest BCUT2D eigenvalue weighted by atomic mass is 10.3. The molecule has 0 saturated heterocycles. The van der Waals surface area contributed by atoms with Crippen molar-refractivity contribution in [2.75, 3.05) is 18.1 Å². The van der Waals surface area contributed by atoms with Crippen molar-refractivity contribution in [3.8, 4) is 11.6 Å².